The number of hydrogen-bond donors (Lipinski definition) is 2. The number of urea groups is 1. The Morgan fingerprint density at radius 2 is 1.58 bits per heavy atom. The topological polar surface area (TPSA) is 61.4 Å². The molecule has 126 valence electrons. The van der Waals surface area contributed by atoms with E-state index in [0.29, 0.717) is 17.8 Å². The van der Waals surface area contributed by atoms with Crippen molar-refractivity contribution >= 4 is 23.2 Å². The van der Waals surface area contributed by atoms with Gasteiger partial charge in [0.25, 0.3) is 0 Å². The molecule has 0 bridgehead atoms. The SMILES string of the molecule is Cc1ccc(C(=O)CCNC(=O)Nc2ccc(N(C)C)cc2)cc1. The summed E-state index contributed by atoms with van der Waals surface area (Å²) in [6, 6.07) is 14.7. The molecule has 2 amide bonds. The molecule has 0 aliphatic heterocycles. The van der Waals surface area contributed by atoms with Gasteiger partial charge < -0.3 is 15.5 Å². The molecule has 0 fully saturated rings. The molecular weight excluding hydrogens is 302 g/mol. The van der Waals surface area contributed by atoms with Gasteiger partial charge in [-0.25, -0.2) is 4.79 Å². The Morgan fingerprint density at radius 1 is 0.958 bits per heavy atom. The number of benzene rings is 2. The lowest BCUT2D eigenvalue weighted by Crippen LogP contribution is -2.30. The highest BCUT2D eigenvalue weighted by Gasteiger charge is 2.07. The number of carbonyl (C=O) groups excluding carboxylic acids is 2. The maximum atomic E-state index is 12.0. The van der Waals surface area contributed by atoms with Gasteiger partial charge in [-0.15, -0.1) is 0 Å². The lowest BCUT2D eigenvalue weighted by Gasteiger charge is -2.13. The summed E-state index contributed by atoms with van der Waals surface area (Å²) in [7, 11) is 3.92. The molecule has 24 heavy (non-hydrogen) atoms. The van der Waals surface area contributed by atoms with Gasteiger partial charge >= 0.3 is 6.03 Å². The van der Waals surface area contributed by atoms with E-state index >= 15 is 0 Å². The molecule has 0 aliphatic rings. The highest BCUT2D eigenvalue weighted by molar-refractivity contribution is 5.96. The van der Waals surface area contributed by atoms with Gasteiger partial charge in [0.1, 0.15) is 0 Å². The van der Waals surface area contributed by atoms with Gasteiger partial charge in [0.2, 0.25) is 0 Å². The maximum Gasteiger partial charge on any atom is 0.319 e. The van der Waals surface area contributed by atoms with E-state index < -0.39 is 0 Å². The molecule has 2 N–H and O–H groups in total. The summed E-state index contributed by atoms with van der Waals surface area (Å²) in [5, 5.41) is 5.45. The van der Waals surface area contributed by atoms with Gasteiger partial charge in [0.05, 0.1) is 0 Å². The average molecular weight is 325 g/mol. The standard InChI is InChI=1S/C19H23N3O2/c1-14-4-6-15(7-5-14)18(23)12-13-20-19(24)21-16-8-10-17(11-9-16)22(2)3/h4-11H,12-13H2,1-3H3,(H2,20,21,24). The van der Waals surface area contributed by atoms with E-state index in [9.17, 15) is 9.59 Å². The van der Waals surface area contributed by atoms with Crippen LogP contribution in [0.4, 0.5) is 16.2 Å². The number of hydrogen-bond acceptors (Lipinski definition) is 3. The van der Waals surface area contributed by atoms with Crippen LogP contribution >= 0.6 is 0 Å². The number of carbonyl (C=O) groups is 2. The summed E-state index contributed by atoms with van der Waals surface area (Å²) in [6.45, 7) is 2.28. The second kappa shape index (κ2) is 8.15. The van der Waals surface area contributed by atoms with E-state index in [1.807, 2.05) is 74.4 Å². The number of nitrogens with one attached hydrogen (secondary N) is 2. The van der Waals surface area contributed by atoms with Crippen molar-refractivity contribution in [2.24, 2.45) is 0 Å². The molecule has 5 nitrogen and oxygen atoms in total. The second-order valence-electron chi connectivity index (χ2n) is 5.86. The third-order valence-corrected chi connectivity index (χ3v) is 3.65. The Kier molecular flexibility index (Phi) is 5.95. The van der Waals surface area contributed by atoms with E-state index in [4.69, 9.17) is 0 Å². The summed E-state index contributed by atoms with van der Waals surface area (Å²) in [5.41, 5.74) is 3.55. The molecule has 0 heterocycles. The summed E-state index contributed by atoms with van der Waals surface area (Å²) >= 11 is 0. The van der Waals surface area contributed by atoms with Gasteiger partial charge in [-0.05, 0) is 31.2 Å². The minimum atomic E-state index is -0.315. The van der Waals surface area contributed by atoms with E-state index in [-0.39, 0.29) is 18.2 Å². The molecule has 2 rings (SSSR count). The molecular formula is C19H23N3O2. The largest absolute Gasteiger partial charge is 0.378 e. The van der Waals surface area contributed by atoms with Crippen molar-refractivity contribution in [3.8, 4) is 0 Å². The minimum Gasteiger partial charge on any atom is -0.378 e. The Morgan fingerprint density at radius 3 is 2.17 bits per heavy atom. The van der Waals surface area contributed by atoms with Gasteiger partial charge in [0.15, 0.2) is 5.78 Å². The zero-order valence-electron chi connectivity index (χ0n) is 14.3. The molecule has 0 aromatic heterocycles. The van der Waals surface area contributed by atoms with Gasteiger partial charge in [-0.2, -0.15) is 0 Å². The first-order valence-electron chi connectivity index (χ1n) is 7.88. The van der Waals surface area contributed by atoms with Crippen LogP contribution in [0, 0.1) is 6.92 Å². The molecule has 2 aromatic carbocycles. The number of amides is 2. The third-order valence-electron chi connectivity index (χ3n) is 3.65. The zero-order chi connectivity index (χ0) is 17.5. The predicted octanol–water partition coefficient (Wildman–Crippen LogP) is 3.46. The number of rotatable bonds is 6. The molecule has 0 spiro atoms. The number of aryl methyl sites for hydroxylation is 1. The lowest BCUT2D eigenvalue weighted by atomic mass is 10.1. The van der Waals surface area contributed by atoms with Crippen molar-refractivity contribution in [3.05, 3.63) is 59.7 Å². The van der Waals surface area contributed by atoms with E-state index in [0.717, 1.165) is 11.3 Å². The zero-order valence-corrected chi connectivity index (χ0v) is 14.3. The minimum absolute atomic E-state index is 0.0191. The normalized spacial score (nSPS) is 10.1. The summed E-state index contributed by atoms with van der Waals surface area (Å²) in [4.78, 5) is 25.9. The highest BCUT2D eigenvalue weighted by Crippen LogP contribution is 2.15. The summed E-state index contributed by atoms with van der Waals surface area (Å²) in [6.07, 6.45) is 0.274. The van der Waals surface area contributed by atoms with Crippen LogP contribution in [0.15, 0.2) is 48.5 Å². The predicted molar refractivity (Wildman–Crippen MR) is 97.9 cm³/mol. The van der Waals surface area contributed by atoms with E-state index in [1.165, 1.54) is 0 Å². The lowest BCUT2D eigenvalue weighted by molar-refractivity contribution is 0.0984. The first kappa shape index (κ1) is 17.5. The van der Waals surface area contributed by atoms with Gasteiger partial charge in [-0.1, -0.05) is 29.8 Å². The first-order chi connectivity index (χ1) is 11.5. The molecule has 0 aliphatic carbocycles. The number of anilines is 2. The first-order valence-corrected chi connectivity index (χ1v) is 7.88. The van der Waals surface area contributed by atoms with Crippen LogP contribution in [0.25, 0.3) is 0 Å². The van der Waals surface area contributed by atoms with Crippen LogP contribution in [-0.4, -0.2) is 32.5 Å². The summed E-state index contributed by atoms with van der Waals surface area (Å²) < 4.78 is 0. The second-order valence-corrected chi connectivity index (χ2v) is 5.86. The molecule has 0 unspecified atom stereocenters. The molecule has 0 radical (unpaired) electrons. The van der Waals surface area contributed by atoms with Gasteiger partial charge in [0, 0.05) is 44.0 Å². The van der Waals surface area contributed by atoms with Crippen molar-refractivity contribution in [2.45, 2.75) is 13.3 Å². The fraction of sp³-hybridized carbons (Fsp3) is 0.263. The Labute approximate surface area is 142 Å². The molecule has 2 aromatic rings. The monoisotopic (exact) mass is 325 g/mol. The van der Waals surface area contributed by atoms with Crippen molar-refractivity contribution in [1.82, 2.24) is 5.32 Å². The number of nitrogens with zero attached hydrogens (tertiary/aromatic N) is 1. The molecule has 5 heteroatoms. The Bertz CT molecular complexity index is 692. The highest BCUT2D eigenvalue weighted by atomic mass is 16.2. The van der Waals surface area contributed by atoms with Crippen LogP contribution in [0.2, 0.25) is 0 Å². The van der Waals surface area contributed by atoms with Crippen molar-refractivity contribution in [3.63, 3.8) is 0 Å². The number of Topliss-reactive ketones (excluding diaryl/α,β-unsaturated/α-hetero) is 1. The third kappa shape index (κ3) is 5.12. The molecule has 0 atom stereocenters. The Balaban J connectivity index is 1.76. The van der Waals surface area contributed by atoms with Crippen molar-refractivity contribution < 1.29 is 9.59 Å². The molecule has 0 saturated carbocycles. The van der Waals surface area contributed by atoms with Crippen molar-refractivity contribution in [2.75, 3.05) is 30.9 Å². The summed E-state index contributed by atoms with van der Waals surface area (Å²) in [5.74, 6) is 0.0191. The smallest absolute Gasteiger partial charge is 0.319 e. The molecule has 0 saturated heterocycles. The maximum absolute atomic E-state index is 12.0. The van der Waals surface area contributed by atoms with Crippen molar-refractivity contribution in [1.29, 1.82) is 0 Å². The average Bonchev–Trinajstić information content (AvgIpc) is 2.55. The Hall–Kier alpha value is -2.82. The fourth-order valence-corrected chi connectivity index (χ4v) is 2.19. The number of ketones is 1. The van der Waals surface area contributed by atoms with Crippen LogP contribution in [0.5, 0.6) is 0 Å². The van der Waals surface area contributed by atoms with Crippen LogP contribution in [-0.2, 0) is 0 Å². The fourth-order valence-electron chi connectivity index (χ4n) is 2.19. The quantitative estimate of drug-likeness (QED) is 0.800. The van der Waals surface area contributed by atoms with Crippen LogP contribution in [0.3, 0.4) is 0 Å². The van der Waals surface area contributed by atoms with Gasteiger partial charge in [-0.3, -0.25) is 4.79 Å². The van der Waals surface area contributed by atoms with E-state index in [1.54, 1.807) is 0 Å². The van der Waals surface area contributed by atoms with Crippen LogP contribution in [0.1, 0.15) is 22.3 Å². The van der Waals surface area contributed by atoms with E-state index in [2.05, 4.69) is 10.6 Å². The van der Waals surface area contributed by atoms with Crippen LogP contribution < -0.4 is 15.5 Å².